The lowest BCUT2D eigenvalue weighted by Crippen LogP contribution is -2.57. The van der Waals surface area contributed by atoms with Crippen molar-refractivity contribution in [1.29, 1.82) is 0 Å². The van der Waals surface area contributed by atoms with Crippen LogP contribution in [0.5, 0.6) is 0 Å². The molecule has 7 heteroatoms. The van der Waals surface area contributed by atoms with Crippen molar-refractivity contribution in [3.05, 3.63) is 65.2 Å². The molecule has 2 atom stereocenters. The second-order valence-corrected chi connectivity index (χ2v) is 11.8. The number of benzene rings is 2. The summed E-state index contributed by atoms with van der Waals surface area (Å²) in [5.41, 5.74) is 2.71. The second-order valence-electron chi connectivity index (χ2n) is 11.8. The van der Waals surface area contributed by atoms with Crippen molar-refractivity contribution < 1.29 is 19.1 Å². The van der Waals surface area contributed by atoms with Crippen molar-refractivity contribution >= 4 is 23.6 Å². The number of rotatable bonds is 9. The number of para-hydroxylation sites is 1. The fraction of sp³-hybridized carbons (Fsp3) is 0.516. The summed E-state index contributed by atoms with van der Waals surface area (Å²) >= 11 is 0. The van der Waals surface area contributed by atoms with Gasteiger partial charge in [0.1, 0.15) is 17.7 Å². The first kappa shape index (κ1) is 29.2. The van der Waals surface area contributed by atoms with Gasteiger partial charge >= 0.3 is 6.09 Å². The van der Waals surface area contributed by atoms with E-state index in [-0.39, 0.29) is 23.8 Å². The van der Waals surface area contributed by atoms with Crippen LogP contribution < -0.4 is 10.6 Å². The Morgan fingerprint density at radius 3 is 2.26 bits per heavy atom. The Kier molecular flexibility index (Phi) is 9.58. The van der Waals surface area contributed by atoms with Gasteiger partial charge in [-0.1, -0.05) is 61.9 Å². The Balaban J connectivity index is 2.03. The molecule has 3 rings (SSSR count). The zero-order valence-corrected chi connectivity index (χ0v) is 23.8. The third-order valence-electron chi connectivity index (χ3n) is 6.71. The van der Waals surface area contributed by atoms with E-state index in [4.69, 9.17) is 4.74 Å². The van der Waals surface area contributed by atoms with Gasteiger partial charge in [-0.15, -0.1) is 0 Å². The number of hydrogen-bond acceptors (Lipinski definition) is 4. The molecule has 0 radical (unpaired) electrons. The van der Waals surface area contributed by atoms with Crippen LogP contribution in [-0.2, 0) is 14.3 Å². The van der Waals surface area contributed by atoms with Crippen molar-refractivity contribution in [2.75, 3.05) is 5.32 Å². The van der Waals surface area contributed by atoms with E-state index < -0.39 is 23.8 Å². The van der Waals surface area contributed by atoms with Crippen LogP contribution in [0.2, 0.25) is 0 Å². The van der Waals surface area contributed by atoms with Gasteiger partial charge in [0.15, 0.2) is 0 Å². The predicted octanol–water partition coefficient (Wildman–Crippen LogP) is 6.30. The molecule has 0 aromatic heterocycles. The van der Waals surface area contributed by atoms with E-state index >= 15 is 0 Å². The van der Waals surface area contributed by atoms with Gasteiger partial charge in [0.2, 0.25) is 5.91 Å². The Morgan fingerprint density at radius 1 is 1.03 bits per heavy atom. The van der Waals surface area contributed by atoms with Crippen LogP contribution in [0.25, 0.3) is 0 Å². The summed E-state index contributed by atoms with van der Waals surface area (Å²) in [6.07, 6.45) is 2.41. The maximum atomic E-state index is 14.3. The number of alkyl carbamates (subject to hydrolysis) is 1. The lowest BCUT2D eigenvalue weighted by Gasteiger charge is -2.44. The zero-order valence-electron chi connectivity index (χ0n) is 23.8. The molecule has 0 bridgehead atoms. The minimum absolute atomic E-state index is 0.0919. The lowest BCUT2D eigenvalue weighted by molar-refractivity contribution is -0.146. The molecule has 0 spiro atoms. The van der Waals surface area contributed by atoms with Crippen LogP contribution in [0.1, 0.15) is 83.0 Å². The highest BCUT2D eigenvalue weighted by Gasteiger charge is 2.42. The number of anilines is 1. The highest BCUT2D eigenvalue weighted by molar-refractivity contribution is 5.99. The van der Waals surface area contributed by atoms with Gasteiger partial charge in [-0.2, -0.15) is 0 Å². The summed E-state index contributed by atoms with van der Waals surface area (Å²) < 4.78 is 5.48. The van der Waals surface area contributed by atoms with Crippen molar-refractivity contribution in [2.45, 2.75) is 97.9 Å². The molecular weight excluding hydrogens is 478 g/mol. The zero-order chi connectivity index (χ0) is 28.0. The molecule has 7 nitrogen and oxygen atoms in total. The minimum Gasteiger partial charge on any atom is -0.444 e. The first-order chi connectivity index (χ1) is 17.9. The summed E-state index contributed by atoms with van der Waals surface area (Å²) in [6, 6.07) is 13.6. The molecular formula is C31H43N3O4. The van der Waals surface area contributed by atoms with Gasteiger partial charge in [0, 0.05) is 11.7 Å². The molecule has 1 saturated carbocycles. The monoisotopic (exact) mass is 521 g/mol. The molecule has 2 aromatic carbocycles. The van der Waals surface area contributed by atoms with Crippen LogP contribution in [0.3, 0.4) is 0 Å². The predicted molar refractivity (Wildman–Crippen MR) is 151 cm³/mol. The molecule has 1 aliphatic carbocycles. The summed E-state index contributed by atoms with van der Waals surface area (Å²) in [5, 5.41) is 5.89. The third-order valence-corrected chi connectivity index (χ3v) is 6.71. The number of ether oxygens (including phenoxy) is 1. The maximum Gasteiger partial charge on any atom is 0.408 e. The van der Waals surface area contributed by atoms with Gasteiger partial charge < -0.3 is 20.3 Å². The molecule has 1 fully saturated rings. The molecule has 0 aliphatic heterocycles. The number of carbonyl (C=O) groups excluding carboxylic acids is 3. The van der Waals surface area contributed by atoms with Gasteiger partial charge in [-0.25, -0.2) is 4.79 Å². The molecule has 0 saturated heterocycles. The van der Waals surface area contributed by atoms with E-state index in [0.717, 1.165) is 36.0 Å². The number of hydrogen-bond donors (Lipinski definition) is 2. The quantitative estimate of drug-likeness (QED) is 0.405. The fourth-order valence-electron chi connectivity index (χ4n) is 4.70. The number of amides is 3. The Bertz CT molecular complexity index is 1130. The van der Waals surface area contributed by atoms with Crippen LogP contribution in [0.15, 0.2) is 48.5 Å². The van der Waals surface area contributed by atoms with Gasteiger partial charge in [0.25, 0.3) is 5.91 Å². The molecule has 3 amide bonds. The lowest BCUT2D eigenvalue weighted by atomic mass is 9.87. The van der Waals surface area contributed by atoms with Crippen molar-refractivity contribution in [3.63, 3.8) is 0 Å². The van der Waals surface area contributed by atoms with Gasteiger partial charge in [0.05, 0.1) is 0 Å². The van der Waals surface area contributed by atoms with Crippen LogP contribution in [-0.4, -0.2) is 40.5 Å². The number of nitrogens with one attached hydrogen (secondary N) is 2. The first-order valence-electron chi connectivity index (χ1n) is 13.6. The van der Waals surface area contributed by atoms with E-state index in [2.05, 4.69) is 10.6 Å². The van der Waals surface area contributed by atoms with Crippen LogP contribution in [0, 0.1) is 19.8 Å². The van der Waals surface area contributed by atoms with E-state index in [9.17, 15) is 14.4 Å². The van der Waals surface area contributed by atoms with Gasteiger partial charge in [-0.3, -0.25) is 9.59 Å². The van der Waals surface area contributed by atoms with Crippen LogP contribution in [0.4, 0.5) is 10.5 Å². The molecule has 38 heavy (non-hydrogen) atoms. The molecule has 2 aromatic rings. The van der Waals surface area contributed by atoms with E-state index in [1.807, 2.05) is 76.2 Å². The number of aryl methyl sites for hydroxylation is 2. The molecule has 2 unspecified atom stereocenters. The van der Waals surface area contributed by atoms with Crippen molar-refractivity contribution in [3.8, 4) is 0 Å². The summed E-state index contributed by atoms with van der Waals surface area (Å²) in [7, 11) is 0. The second kappa shape index (κ2) is 12.5. The standard InChI is InChI=1S/C31H43N3O4/c1-20(2)18-26(33-30(37)38-31(5,6)7)29(36)34(24-15-11-16-24)27(23-14-10-12-21(3)19-23)28(35)32-25-17-9-8-13-22(25)4/h8-10,12-14,17,19-20,24,26-27H,11,15-16,18H2,1-7H3,(H,32,35)(H,33,37). The number of nitrogens with zero attached hydrogens (tertiary/aromatic N) is 1. The highest BCUT2D eigenvalue weighted by atomic mass is 16.6. The molecule has 1 aliphatic rings. The largest absolute Gasteiger partial charge is 0.444 e. The molecule has 206 valence electrons. The van der Waals surface area contributed by atoms with Crippen LogP contribution >= 0.6 is 0 Å². The molecule has 2 N–H and O–H groups in total. The van der Waals surface area contributed by atoms with Crippen molar-refractivity contribution in [2.24, 2.45) is 5.92 Å². The summed E-state index contributed by atoms with van der Waals surface area (Å²) in [6.45, 7) is 13.3. The Hall–Kier alpha value is -3.35. The van der Waals surface area contributed by atoms with E-state index in [1.165, 1.54) is 0 Å². The highest BCUT2D eigenvalue weighted by Crippen LogP contribution is 2.35. The molecule has 0 heterocycles. The minimum atomic E-state index is -0.845. The SMILES string of the molecule is Cc1cccc(C(C(=O)Nc2ccccc2C)N(C(=O)C(CC(C)C)NC(=O)OC(C)(C)C)C2CCC2)c1. The fourth-order valence-corrected chi connectivity index (χ4v) is 4.70. The van der Waals surface area contributed by atoms with Crippen molar-refractivity contribution in [1.82, 2.24) is 10.2 Å². The summed E-state index contributed by atoms with van der Waals surface area (Å²) in [5.74, 6) is -0.397. The Labute approximate surface area is 227 Å². The van der Waals surface area contributed by atoms with E-state index in [0.29, 0.717) is 12.1 Å². The normalized spacial score (nSPS) is 15.3. The van der Waals surface area contributed by atoms with E-state index in [1.54, 1.807) is 25.7 Å². The average Bonchev–Trinajstić information content (AvgIpc) is 2.76. The maximum absolute atomic E-state index is 14.3. The topological polar surface area (TPSA) is 87.7 Å². The first-order valence-corrected chi connectivity index (χ1v) is 13.6. The third kappa shape index (κ3) is 7.83. The average molecular weight is 522 g/mol. The Morgan fingerprint density at radius 2 is 1.71 bits per heavy atom. The number of carbonyl (C=O) groups is 3. The smallest absolute Gasteiger partial charge is 0.408 e. The van der Waals surface area contributed by atoms with Gasteiger partial charge in [-0.05, 0) is 83.4 Å². The summed E-state index contributed by atoms with van der Waals surface area (Å²) in [4.78, 5) is 42.8.